The Bertz CT molecular complexity index is 452. The lowest BCUT2D eigenvalue weighted by molar-refractivity contribution is 0.171. The summed E-state index contributed by atoms with van der Waals surface area (Å²) in [6.07, 6.45) is 0.865. The fourth-order valence-electron chi connectivity index (χ4n) is 2.48. The van der Waals surface area contributed by atoms with Crippen LogP contribution in [0, 0.1) is 6.92 Å². The molecule has 4 nitrogen and oxygen atoms in total. The number of fused-ring (bicyclic) bond motifs is 1. The maximum atomic E-state index is 6.14. The highest BCUT2D eigenvalue weighted by molar-refractivity contribution is 5.48. The molecule has 1 heterocycles. The minimum Gasteiger partial charge on any atom is -0.486 e. The number of nitrogens with one attached hydrogen (secondary N) is 1. The van der Waals surface area contributed by atoms with Gasteiger partial charge in [-0.05, 0) is 57.5 Å². The Kier molecular flexibility index (Phi) is 4.02. The summed E-state index contributed by atoms with van der Waals surface area (Å²) in [7, 11) is 1.96. The molecule has 1 atom stereocenters. The van der Waals surface area contributed by atoms with Crippen molar-refractivity contribution >= 4 is 0 Å². The van der Waals surface area contributed by atoms with Gasteiger partial charge in [0.2, 0.25) is 0 Å². The second kappa shape index (κ2) is 5.39. The maximum Gasteiger partial charge on any atom is 0.161 e. The summed E-state index contributed by atoms with van der Waals surface area (Å²) in [5.74, 6) is 1.68. The van der Waals surface area contributed by atoms with Crippen molar-refractivity contribution < 1.29 is 9.47 Å². The summed E-state index contributed by atoms with van der Waals surface area (Å²) >= 11 is 0. The molecule has 3 N–H and O–H groups in total. The third kappa shape index (κ3) is 3.39. The molecule has 1 aliphatic heterocycles. The van der Waals surface area contributed by atoms with Crippen LogP contribution in [0.1, 0.15) is 37.4 Å². The molecule has 2 rings (SSSR count). The van der Waals surface area contributed by atoms with E-state index >= 15 is 0 Å². The first-order chi connectivity index (χ1) is 8.90. The van der Waals surface area contributed by atoms with Gasteiger partial charge in [-0.25, -0.2) is 0 Å². The highest BCUT2D eigenvalue weighted by Gasteiger charge is 2.23. The zero-order chi connectivity index (χ0) is 14.0. The van der Waals surface area contributed by atoms with Crippen LogP contribution in [0.4, 0.5) is 0 Å². The molecule has 1 aromatic rings. The molecular weight excluding hydrogens is 240 g/mol. The van der Waals surface area contributed by atoms with Crippen LogP contribution in [0.5, 0.6) is 11.5 Å². The predicted octanol–water partition coefficient (Wildman–Crippen LogP) is 2.15. The van der Waals surface area contributed by atoms with Crippen LogP contribution < -0.4 is 20.5 Å². The quantitative estimate of drug-likeness (QED) is 0.875. The minimum absolute atomic E-state index is 0.215. The molecule has 0 saturated carbocycles. The number of hydrogen-bond donors (Lipinski definition) is 2. The van der Waals surface area contributed by atoms with Gasteiger partial charge in [-0.1, -0.05) is 0 Å². The van der Waals surface area contributed by atoms with E-state index in [1.807, 2.05) is 20.9 Å². The Morgan fingerprint density at radius 1 is 1.26 bits per heavy atom. The van der Waals surface area contributed by atoms with Crippen LogP contribution >= 0.6 is 0 Å². The second-order valence-electron chi connectivity index (χ2n) is 5.89. The van der Waals surface area contributed by atoms with Crippen molar-refractivity contribution in [2.45, 2.75) is 38.8 Å². The van der Waals surface area contributed by atoms with Crippen molar-refractivity contribution in [1.82, 2.24) is 5.32 Å². The van der Waals surface area contributed by atoms with Crippen molar-refractivity contribution in [3.63, 3.8) is 0 Å². The van der Waals surface area contributed by atoms with E-state index in [4.69, 9.17) is 15.2 Å². The van der Waals surface area contributed by atoms with Gasteiger partial charge in [0.15, 0.2) is 11.5 Å². The SMILES string of the molecule is CNC(CC(C)(C)N)c1cc2c(cc1C)OCCO2. The molecule has 1 unspecified atom stereocenters. The van der Waals surface area contributed by atoms with E-state index in [1.54, 1.807) is 0 Å². The van der Waals surface area contributed by atoms with Crippen molar-refractivity contribution in [3.8, 4) is 11.5 Å². The average molecular weight is 264 g/mol. The number of ether oxygens (including phenoxy) is 2. The zero-order valence-electron chi connectivity index (χ0n) is 12.2. The predicted molar refractivity (Wildman–Crippen MR) is 76.9 cm³/mol. The van der Waals surface area contributed by atoms with Crippen LogP contribution in [-0.4, -0.2) is 25.8 Å². The molecule has 0 spiro atoms. The maximum absolute atomic E-state index is 6.14. The van der Waals surface area contributed by atoms with Gasteiger partial charge in [-0.2, -0.15) is 0 Å². The fraction of sp³-hybridized carbons (Fsp3) is 0.600. The first kappa shape index (κ1) is 14.2. The van der Waals surface area contributed by atoms with Crippen LogP contribution in [0.15, 0.2) is 12.1 Å². The summed E-state index contributed by atoms with van der Waals surface area (Å²) in [5.41, 5.74) is 8.36. The van der Waals surface area contributed by atoms with E-state index in [2.05, 4.69) is 24.4 Å². The van der Waals surface area contributed by atoms with Crippen LogP contribution in [0.2, 0.25) is 0 Å². The smallest absolute Gasteiger partial charge is 0.161 e. The van der Waals surface area contributed by atoms with Crippen LogP contribution in [-0.2, 0) is 0 Å². The highest BCUT2D eigenvalue weighted by Crippen LogP contribution is 2.36. The molecule has 0 aliphatic carbocycles. The van der Waals surface area contributed by atoms with Gasteiger partial charge in [-0.3, -0.25) is 0 Å². The summed E-state index contributed by atoms with van der Waals surface area (Å²) < 4.78 is 11.3. The van der Waals surface area contributed by atoms with Crippen LogP contribution in [0.3, 0.4) is 0 Å². The van der Waals surface area contributed by atoms with Gasteiger partial charge in [0.25, 0.3) is 0 Å². The second-order valence-corrected chi connectivity index (χ2v) is 5.89. The lowest BCUT2D eigenvalue weighted by Gasteiger charge is -2.28. The molecule has 0 bridgehead atoms. The summed E-state index contributed by atoms with van der Waals surface area (Å²) in [4.78, 5) is 0. The molecule has 0 fully saturated rings. The third-order valence-electron chi connectivity index (χ3n) is 3.38. The van der Waals surface area contributed by atoms with Gasteiger partial charge in [0.05, 0.1) is 0 Å². The first-order valence-corrected chi connectivity index (χ1v) is 6.77. The fourth-order valence-corrected chi connectivity index (χ4v) is 2.48. The largest absolute Gasteiger partial charge is 0.486 e. The molecular formula is C15H24N2O2. The molecule has 106 valence electrons. The molecule has 4 heteroatoms. The lowest BCUT2D eigenvalue weighted by atomic mass is 9.89. The normalized spacial score (nSPS) is 16.3. The number of benzene rings is 1. The van der Waals surface area contributed by atoms with E-state index in [0.29, 0.717) is 13.2 Å². The molecule has 0 saturated heterocycles. The van der Waals surface area contributed by atoms with Gasteiger partial charge < -0.3 is 20.5 Å². The molecule has 0 aromatic heterocycles. The monoisotopic (exact) mass is 264 g/mol. The Balaban J connectivity index is 2.32. The molecule has 1 aliphatic rings. The summed E-state index contributed by atoms with van der Waals surface area (Å²) in [6, 6.07) is 4.35. The highest BCUT2D eigenvalue weighted by atomic mass is 16.6. The molecule has 1 aromatic carbocycles. The van der Waals surface area contributed by atoms with Crippen molar-refractivity contribution in [3.05, 3.63) is 23.3 Å². The van der Waals surface area contributed by atoms with E-state index in [1.165, 1.54) is 11.1 Å². The number of hydrogen-bond acceptors (Lipinski definition) is 4. The van der Waals surface area contributed by atoms with Crippen molar-refractivity contribution in [1.29, 1.82) is 0 Å². The van der Waals surface area contributed by atoms with Gasteiger partial charge in [0, 0.05) is 11.6 Å². The van der Waals surface area contributed by atoms with E-state index in [0.717, 1.165) is 17.9 Å². The first-order valence-electron chi connectivity index (χ1n) is 6.77. The summed E-state index contributed by atoms with van der Waals surface area (Å²) in [5, 5.41) is 3.35. The summed E-state index contributed by atoms with van der Waals surface area (Å²) in [6.45, 7) is 7.43. The van der Waals surface area contributed by atoms with E-state index in [-0.39, 0.29) is 11.6 Å². The molecule has 0 radical (unpaired) electrons. The van der Waals surface area contributed by atoms with Gasteiger partial charge >= 0.3 is 0 Å². The topological polar surface area (TPSA) is 56.5 Å². The van der Waals surface area contributed by atoms with E-state index < -0.39 is 0 Å². The van der Waals surface area contributed by atoms with E-state index in [9.17, 15) is 0 Å². The van der Waals surface area contributed by atoms with Gasteiger partial charge in [-0.15, -0.1) is 0 Å². The number of aryl methyl sites for hydroxylation is 1. The Morgan fingerprint density at radius 2 is 1.84 bits per heavy atom. The molecule has 19 heavy (non-hydrogen) atoms. The number of nitrogens with two attached hydrogens (primary N) is 1. The lowest BCUT2D eigenvalue weighted by Crippen LogP contribution is -2.37. The Hall–Kier alpha value is -1.26. The average Bonchev–Trinajstić information content (AvgIpc) is 2.34. The van der Waals surface area contributed by atoms with Crippen molar-refractivity contribution in [2.24, 2.45) is 5.73 Å². The third-order valence-corrected chi connectivity index (χ3v) is 3.38. The molecule has 0 amide bonds. The number of rotatable bonds is 4. The Labute approximate surface area is 115 Å². The standard InChI is InChI=1S/C15H24N2O2/c1-10-7-13-14(19-6-5-18-13)8-11(10)12(17-4)9-15(2,3)16/h7-8,12,17H,5-6,9,16H2,1-4H3. The van der Waals surface area contributed by atoms with Gasteiger partial charge in [0.1, 0.15) is 13.2 Å². The van der Waals surface area contributed by atoms with Crippen molar-refractivity contribution in [2.75, 3.05) is 20.3 Å². The minimum atomic E-state index is -0.215. The van der Waals surface area contributed by atoms with Crippen LogP contribution in [0.25, 0.3) is 0 Å². The Morgan fingerprint density at radius 3 is 2.37 bits per heavy atom. The zero-order valence-corrected chi connectivity index (χ0v) is 12.2.